The van der Waals surface area contributed by atoms with Crippen LogP contribution in [0.25, 0.3) is 0 Å². The minimum atomic E-state index is -0.102. The van der Waals surface area contributed by atoms with Gasteiger partial charge in [0.25, 0.3) is 5.56 Å². The average Bonchev–Trinajstić information content (AvgIpc) is 2.41. The lowest BCUT2D eigenvalue weighted by atomic mass is 10.3. The van der Waals surface area contributed by atoms with Crippen LogP contribution in [-0.4, -0.2) is 53.8 Å². The van der Waals surface area contributed by atoms with Crippen molar-refractivity contribution in [1.82, 2.24) is 14.5 Å². The zero-order chi connectivity index (χ0) is 13.7. The summed E-state index contributed by atoms with van der Waals surface area (Å²) < 4.78 is 7.47. The molecule has 0 aromatic carbocycles. The molecule has 2 rings (SSSR count). The normalized spacial score (nSPS) is 16.5. The van der Waals surface area contributed by atoms with E-state index in [-0.39, 0.29) is 5.56 Å². The summed E-state index contributed by atoms with van der Waals surface area (Å²) in [7, 11) is 1.72. The van der Waals surface area contributed by atoms with Crippen molar-refractivity contribution in [2.75, 3.05) is 44.7 Å². The molecule has 1 N–H and O–H groups in total. The largest absolute Gasteiger partial charge is 0.379 e. The average molecular weight is 331 g/mol. The van der Waals surface area contributed by atoms with Gasteiger partial charge >= 0.3 is 0 Å². The smallest absolute Gasteiger partial charge is 0.293 e. The molecule has 106 valence electrons. The maximum Gasteiger partial charge on any atom is 0.293 e. The number of nitrogens with zero attached hydrogens (tertiary/aromatic N) is 3. The fraction of sp³-hybridized carbons (Fsp3) is 0.667. The first kappa shape index (κ1) is 14.5. The molecule has 7 heteroatoms. The van der Waals surface area contributed by atoms with E-state index in [4.69, 9.17) is 4.74 Å². The quantitative estimate of drug-likeness (QED) is 0.804. The van der Waals surface area contributed by atoms with Crippen LogP contribution < -0.4 is 10.9 Å². The second-order valence-electron chi connectivity index (χ2n) is 4.56. The highest BCUT2D eigenvalue weighted by atomic mass is 79.9. The fourth-order valence-corrected chi connectivity index (χ4v) is 2.50. The number of rotatable bonds is 5. The Balaban J connectivity index is 1.78. The first-order valence-electron chi connectivity index (χ1n) is 6.44. The summed E-state index contributed by atoms with van der Waals surface area (Å²) in [6.07, 6.45) is 2.64. The van der Waals surface area contributed by atoms with Gasteiger partial charge in [0.05, 0.1) is 13.2 Å². The van der Waals surface area contributed by atoms with E-state index < -0.39 is 0 Å². The molecule has 1 aliphatic rings. The zero-order valence-corrected chi connectivity index (χ0v) is 12.6. The van der Waals surface area contributed by atoms with Crippen molar-refractivity contribution in [3.05, 3.63) is 21.2 Å². The van der Waals surface area contributed by atoms with Crippen molar-refractivity contribution >= 4 is 21.7 Å². The number of hydrogen-bond acceptors (Lipinski definition) is 5. The Morgan fingerprint density at radius 1 is 1.47 bits per heavy atom. The molecule has 0 spiro atoms. The van der Waals surface area contributed by atoms with Crippen LogP contribution in [0.4, 0.5) is 5.82 Å². The van der Waals surface area contributed by atoms with Crippen LogP contribution in [-0.2, 0) is 11.8 Å². The van der Waals surface area contributed by atoms with Crippen LogP contribution in [0.15, 0.2) is 15.6 Å². The first-order valence-corrected chi connectivity index (χ1v) is 7.23. The van der Waals surface area contributed by atoms with Gasteiger partial charge < -0.3 is 14.6 Å². The highest BCUT2D eigenvalue weighted by Crippen LogP contribution is 2.05. The lowest BCUT2D eigenvalue weighted by Crippen LogP contribution is -2.37. The summed E-state index contributed by atoms with van der Waals surface area (Å²) in [5.74, 6) is 0.402. The number of aryl methyl sites for hydroxylation is 1. The van der Waals surface area contributed by atoms with Gasteiger partial charge in [-0.25, -0.2) is 4.98 Å². The van der Waals surface area contributed by atoms with E-state index in [1.54, 1.807) is 13.2 Å². The summed E-state index contributed by atoms with van der Waals surface area (Å²) in [5.41, 5.74) is -0.102. The van der Waals surface area contributed by atoms with Gasteiger partial charge in [-0.05, 0) is 28.9 Å². The van der Waals surface area contributed by atoms with E-state index in [1.165, 1.54) is 4.57 Å². The second-order valence-corrected chi connectivity index (χ2v) is 5.38. The van der Waals surface area contributed by atoms with Crippen molar-refractivity contribution in [1.29, 1.82) is 0 Å². The van der Waals surface area contributed by atoms with Crippen LogP contribution in [0.2, 0.25) is 0 Å². The van der Waals surface area contributed by atoms with E-state index >= 15 is 0 Å². The lowest BCUT2D eigenvalue weighted by molar-refractivity contribution is 0.0378. The minimum Gasteiger partial charge on any atom is -0.379 e. The van der Waals surface area contributed by atoms with Crippen LogP contribution >= 0.6 is 15.9 Å². The molecule has 0 radical (unpaired) electrons. The van der Waals surface area contributed by atoms with Gasteiger partial charge in [0.1, 0.15) is 4.60 Å². The minimum absolute atomic E-state index is 0.102. The molecule has 19 heavy (non-hydrogen) atoms. The standard InChI is InChI=1S/C12H19BrN4O2/c1-16-9-10(13)15-11(12(16)18)14-3-2-4-17-5-7-19-8-6-17/h9H,2-8H2,1H3,(H,14,15). The molecular weight excluding hydrogens is 312 g/mol. The maximum atomic E-state index is 11.8. The van der Waals surface area contributed by atoms with Crippen molar-refractivity contribution < 1.29 is 4.74 Å². The third-order valence-electron chi connectivity index (χ3n) is 3.09. The molecule has 0 bridgehead atoms. The highest BCUT2D eigenvalue weighted by Gasteiger charge is 2.09. The monoisotopic (exact) mass is 330 g/mol. The number of nitrogens with one attached hydrogen (secondary N) is 1. The molecule has 0 saturated carbocycles. The Hall–Kier alpha value is -0.920. The molecule has 6 nitrogen and oxygen atoms in total. The van der Waals surface area contributed by atoms with E-state index in [2.05, 4.69) is 31.1 Å². The summed E-state index contributed by atoms with van der Waals surface area (Å²) in [4.78, 5) is 18.3. The van der Waals surface area contributed by atoms with Crippen molar-refractivity contribution in [2.24, 2.45) is 7.05 Å². The summed E-state index contributed by atoms with van der Waals surface area (Å²) in [6, 6.07) is 0. The Morgan fingerprint density at radius 3 is 2.95 bits per heavy atom. The second kappa shape index (κ2) is 7.02. The van der Waals surface area contributed by atoms with Crippen molar-refractivity contribution in [3.63, 3.8) is 0 Å². The maximum absolute atomic E-state index is 11.8. The molecule has 2 heterocycles. The van der Waals surface area contributed by atoms with E-state index in [1.807, 2.05) is 0 Å². The van der Waals surface area contributed by atoms with Crippen LogP contribution in [0.3, 0.4) is 0 Å². The van der Waals surface area contributed by atoms with Gasteiger partial charge in [-0.1, -0.05) is 0 Å². The number of anilines is 1. The Labute approximate surface area is 120 Å². The molecule has 1 saturated heterocycles. The van der Waals surface area contributed by atoms with Crippen LogP contribution in [0.5, 0.6) is 0 Å². The first-order chi connectivity index (χ1) is 9.16. The van der Waals surface area contributed by atoms with Gasteiger partial charge in [0.15, 0.2) is 5.82 Å². The summed E-state index contributed by atoms with van der Waals surface area (Å²) in [5, 5.41) is 3.10. The van der Waals surface area contributed by atoms with E-state index in [0.717, 1.165) is 45.8 Å². The number of hydrogen-bond donors (Lipinski definition) is 1. The lowest BCUT2D eigenvalue weighted by Gasteiger charge is -2.26. The third-order valence-corrected chi connectivity index (χ3v) is 3.47. The SMILES string of the molecule is Cn1cc(Br)nc(NCCCN2CCOCC2)c1=O. The molecule has 1 aromatic rings. The number of halogens is 1. The predicted molar refractivity (Wildman–Crippen MR) is 77.5 cm³/mol. The molecule has 0 amide bonds. The molecule has 0 atom stereocenters. The molecule has 0 aliphatic carbocycles. The van der Waals surface area contributed by atoms with Crippen molar-refractivity contribution in [3.8, 4) is 0 Å². The molecule has 0 unspecified atom stereocenters. The Kier molecular flexibility index (Phi) is 5.35. The predicted octanol–water partition coefficient (Wildman–Crippen LogP) is 0.677. The van der Waals surface area contributed by atoms with Gasteiger partial charge in [-0.3, -0.25) is 9.69 Å². The number of aromatic nitrogens is 2. The topological polar surface area (TPSA) is 59.4 Å². The Morgan fingerprint density at radius 2 is 2.21 bits per heavy atom. The van der Waals surface area contributed by atoms with E-state index in [0.29, 0.717) is 10.4 Å². The molecular formula is C12H19BrN4O2. The number of ether oxygens (including phenoxy) is 1. The van der Waals surface area contributed by atoms with Crippen LogP contribution in [0, 0.1) is 0 Å². The van der Waals surface area contributed by atoms with Gasteiger partial charge in [0, 0.05) is 32.9 Å². The Bertz CT molecular complexity index is 471. The molecule has 1 aliphatic heterocycles. The molecule has 1 aromatic heterocycles. The van der Waals surface area contributed by atoms with Crippen LogP contribution in [0.1, 0.15) is 6.42 Å². The fourth-order valence-electron chi connectivity index (χ4n) is 2.02. The van der Waals surface area contributed by atoms with Crippen molar-refractivity contribution in [2.45, 2.75) is 6.42 Å². The summed E-state index contributed by atoms with van der Waals surface area (Å²) >= 11 is 3.29. The summed E-state index contributed by atoms with van der Waals surface area (Å²) in [6.45, 7) is 5.40. The van der Waals surface area contributed by atoms with Gasteiger partial charge in [-0.2, -0.15) is 0 Å². The highest BCUT2D eigenvalue weighted by molar-refractivity contribution is 9.10. The zero-order valence-electron chi connectivity index (χ0n) is 11.1. The third kappa shape index (κ3) is 4.29. The van der Waals surface area contributed by atoms with Gasteiger partial charge in [-0.15, -0.1) is 0 Å². The van der Waals surface area contributed by atoms with E-state index in [9.17, 15) is 4.79 Å². The van der Waals surface area contributed by atoms with Gasteiger partial charge in [0.2, 0.25) is 0 Å². The number of morpholine rings is 1. The molecule has 1 fully saturated rings.